The van der Waals surface area contributed by atoms with E-state index in [4.69, 9.17) is 9.47 Å². The zero-order chi connectivity index (χ0) is 13.9. The molecule has 0 atom stereocenters. The largest absolute Gasteiger partial charge is 0.465 e. The van der Waals surface area contributed by atoms with E-state index < -0.39 is 0 Å². The number of carbonyl (C=O) groups excluding carboxylic acids is 1. The fourth-order valence-corrected chi connectivity index (χ4v) is 2.34. The zero-order valence-electron chi connectivity index (χ0n) is 11.4. The summed E-state index contributed by atoms with van der Waals surface area (Å²) < 4.78 is 12.0. The molecule has 1 fully saturated rings. The first-order chi connectivity index (χ1) is 9.76. The van der Waals surface area contributed by atoms with Gasteiger partial charge in [-0.3, -0.25) is 4.90 Å². The van der Waals surface area contributed by atoms with Crippen molar-refractivity contribution >= 4 is 11.6 Å². The summed E-state index contributed by atoms with van der Waals surface area (Å²) in [7, 11) is 1.38. The molecule has 0 radical (unpaired) electrons. The lowest BCUT2D eigenvalue weighted by Gasteiger charge is -2.25. The summed E-state index contributed by atoms with van der Waals surface area (Å²) in [5.74, 6) is -0.342. The summed E-state index contributed by atoms with van der Waals surface area (Å²) in [5.41, 5.74) is 2.27. The van der Waals surface area contributed by atoms with Gasteiger partial charge in [0, 0.05) is 32.0 Å². The molecule has 0 aromatic carbocycles. The molecule has 106 valence electrons. The molecular weight excluding hydrogens is 258 g/mol. The van der Waals surface area contributed by atoms with Crippen LogP contribution in [0.2, 0.25) is 0 Å². The van der Waals surface area contributed by atoms with Crippen LogP contribution >= 0.6 is 0 Å². The molecule has 3 heterocycles. The van der Waals surface area contributed by atoms with Crippen LogP contribution in [-0.4, -0.2) is 53.7 Å². The van der Waals surface area contributed by atoms with Crippen molar-refractivity contribution in [1.29, 1.82) is 0 Å². The van der Waals surface area contributed by atoms with Crippen molar-refractivity contribution in [2.24, 2.45) is 0 Å². The normalized spacial score (nSPS) is 16.4. The van der Waals surface area contributed by atoms with Crippen molar-refractivity contribution in [2.75, 3.05) is 33.4 Å². The van der Waals surface area contributed by atoms with Crippen LogP contribution in [0, 0.1) is 0 Å². The average Bonchev–Trinajstić information content (AvgIpc) is 2.88. The van der Waals surface area contributed by atoms with Crippen LogP contribution < -0.4 is 0 Å². The summed E-state index contributed by atoms with van der Waals surface area (Å²) in [5, 5.41) is 0. The standard InChI is InChI=1S/C14H17N3O3/c1-19-14(18)11-2-3-17-10-12(15-13(17)8-11)9-16-4-6-20-7-5-16/h2-3,8,10H,4-7,9H2,1H3. The molecule has 6 heteroatoms. The molecule has 0 N–H and O–H groups in total. The SMILES string of the molecule is COC(=O)c1ccn2cc(CN3CCOCC3)nc2c1. The average molecular weight is 275 g/mol. The van der Waals surface area contributed by atoms with Gasteiger partial charge in [-0.15, -0.1) is 0 Å². The smallest absolute Gasteiger partial charge is 0.338 e. The molecule has 0 amide bonds. The van der Waals surface area contributed by atoms with Gasteiger partial charge in [-0.25, -0.2) is 9.78 Å². The van der Waals surface area contributed by atoms with Crippen molar-refractivity contribution in [3.8, 4) is 0 Å². The van der Waals surface area contributed by atoms with Crippen molar-refractivity contribution in [1.82, 2.24) is 14.3 Å². The van der Waals surface area contributed by atoms with Gasteiger partial charge in [0.25, 0.3) is 0 Å². The quantitative estimate of drug-likeness (QED) is 0.781. The molecule has 6 nitrogen and oxygen atoms in total. The Morgan fingerprint density at radius 3 is 3.00 bits per heavy atom. The lowest BCUT2D eigenvalue weighted by atomic mass is 10.3. The first-order valence-corrected chi connectivity index (χ1v) is 6.62. The summed E-state index contributed by atoms with van der Waals surface area (Å²) in [4.78, 5) is 18.4. The highest BCUT2D eigenvalue weighted by Crippen LogP contribution is 2.11. The van der Waals surface area contributed by atoms with E-state index >= 15 is 0 Å². The fraction of sp³-hybridized carbons (Fsp3) is 0.429. The molecule has 0 saturated carbocycles. The second-order valence-corrected chi connectivity index (χ2v) is 4.79. The van der Waals surface area contributed by atoms with E-state index in [-0.39, 0.29) is 5.97 Å². The number of nitrogens with zero attached hydrogens (tertiary/aromatic N) is 3. The minimum atomic E-state index is -0.342. The second-order valence-electron chi connectivity index (χ2n) is 4.79. The van der Waals surface area contributed by atoms with Crippen molar-refractivity contribution in [3.63, 3.8) is 0 Å². The summed E-state index contributed by atoms with van der Waals surface area (Å²) in [6.07, 6.45) is 3.82. The maximum Gasteiger partial charge on any atom is 0.338 e. The zero-order valence-corrected chi connectivity index (χ0v) is 11.4. The number of morpholine rings is 1. The number of carbonyl (C=O) groups is 1. The third-order valence-electron chi connectivity index (χ3n) is 3.42. The second kappa shape index (κ2) is 5.60. The number of pyridine rings is 1. The minimum Gasteiger partial charge on any atom is -0.465 e. The molecule has 0 aliphatic carbocycles. The Kier molecular flexibility index (Phi) is 3.66. The number of imidazole rings is 1. The van der Waals surface area contributed by atoms with Gasteiger partial charge in [-0.1, -0.05) is 0 Å². The third-order valence-corrected chi connectivity index (χ3v) is 3.42. The van der Waals surface area contributed by atoms with E-state index in [2.05, 4.69) is 9.88 Å². The monoisotopic (exact) mass is 275 g/mol. The highest BCUT2D eigenvalue weighted by atomic mass is 16.5. The lowest BCUT2D eigenvalue weighted by Crippen LogP contribution is -2.35. The van der Waals surface area contributed by atoms with E-state index in [1.165, 1.54) is 7.11 Å². The van der Waals surface area contributed by atoms with Gasteiger partial charge in [0.15, 0.2) is 0 Å². The Morgan fingerprint density at radius 1 is 1.45 bits per heavy atom. The van der Waals surface area contributed by atoms with Crippen LogP contribution in [0.1, 0.15) is 16.1 Å². The topological polar surface area (TPSA) is 56.1 Å². The minimum absolute atomic E-state index is 0.342. The summed E-state index contributed by atoms with van der Waals surface area (Å²) >= 11 is 0. The number of rotatable bonds is 3. The molecule has 3 rings (SSSR count). The Morgan fingerprint density at radius 2 is 2.25 bits per heavy atom. The Labute approximate surface area is 116 Å². The summed E-state index contributed by atoms with van der Waals surface area (Å²) in [6.45, 7) is 4.22. The summed E-state index contributed by atoms with van der Waals surface area (Å²) in [6, 6.07) is 3.48. The van der Waals surface area contributed by atoms with Crippen molar-refractivity contribution in [2.45, 2.75) is 6.54 Å². The van der Waals surface area contributed by atoms with Gasteiger partial charge < -0.3 is 13.9 Å². The molecule has 1 saturated heterocycles. The molecule has 0 unspecified atom stereocenters. The number of aromatic nitrogens is 2. The van der Waals surface area contributed by atoms with Crippen LogP contribution in [0.15, 0.2) is 24.5 Å². The highest BCUT2D eigenvalue weighted by Gasteiger charge is 2.13. The maximum atomic E-state index is 11.5. The number of ether oxygens (including phenoxy) is 2. The predicted molar refractivity (Wildman–Crippen MR) is 72.6 cm³/mol. The molecule has 20 heavy (non-hydrogen) atoms. The molecular formula is C14H17N3O3. The highest BCUT2D eigenvalue weighted by molar-refractivity contribution is 5.90. The number of hydrogen-bond donors (Lipinski definition) is 0. The Hall–Kier alpha value is -1.92. The van der Waals surface area contributed by atoms with E-state index in [1.54, 1.807) is 12.1 Å². The van der Waals surface area contributed by atoms with E-state index in [0.717, 1.165) is 44.2 Å². The number of hydrogen-bond acceptors (Lipinski definition) is 5. The number of fused-ring (bicyclic) bond motifs is 1. The van der Waals surface area contributed by atoms with E-state index in [1.807, 2.05) is 16.8 Å². The Balaban J connectivity index is 1.81. The van der Waals surface area contributed by atoms with Gasteiger partial charge in [0.05, 0.1) is 31.6 Å². The van der Waals surface area contributed by atoms with Gasteiger partial charge in [0.2, 0.25) is 0 Å². The van der Waals surface area contributed by atoms with Gasteiger partial charge in [0.1, 0.15) is 5.65 Å². The number of methoxy groups -OCH3 is 1. The molecule has 1 aliphatic rings. The molecule has 2 aromatic rings. The van der Waals surface area contributed by atoms with Gasteiger partial charge in [-0.2, -0.15) is 0 Å². The van der Waals surface area contributed by atoms with Gasteiger partial charge in [-0.05, 0) is 12.1 Å². The fourth-order valence-electron chi connectivity index (χ4n) is 2.34. The lowest BCUT2D eigenvalue weighted by molar-refractivity contribution is 0.0337. The van der Waals surface area contributed by atoms with E-state index in [0.29, 0.717) is 5.56 Å². The molecule has 2 aromatic heterocycles. The maximum absolute atomic E-state index is 11.5. The van der Waals surface area contributed by atoms with Crippen LogP contribution in [0.25, 0.3) is 5.65 Å². The first-order valence-electron chi connectivity index (χ1n) is 6.62. The van der Waals surface area contributed by atoms with E-state index in [9.17, 15) is 4.79 Å². The van der Waals surface area contributed by atoms with Crippen LogP contribution in [0.3, 0.4) is 0 Å². The molecule has 0 spiro atoms. The van der Waals surface area contributed by atoms with Crippen molar-refractivity contribution < 1.29 is 14.3 Å². The molecule has 1 aliphatic heterocycles. The Bertz CT molecular complexity index is 617. The first kappa shape index (κ1) is 13.1. The molecule has 0 bridgehead atoms. The number of esters is 1. The van der Waals surface area contributed by atoms with Crippen LogP contribution in [-0.2, 0) is 16.0 Å². The predicted octanol–water partition coefficient (Wildman–Crippen LogP) is 0.953. The van der Waals surface area contributed by atoms with Gasteiger partial charge >= 0.3 is 5.97 Å². The van der Waals surface area contributed by atoms with Crippen molar-refractivity contribution in [3.05, 3.63) is 35.8 Å². The van der Waals surface area contributed by atoms with Crippen LogP contribution in [0.4, 0.5) is 0 Å². The van der Waals surface area contributed by atoms with Crippen LogP contribution in [0.5, 0.6) is 0 Å². The third kappa shape index (κ3) is 2.66.